The number of carbonyl (C=O) groups excluding carboxylic acids is 2. The molecule has 2 aliphatic heterocycles. The first kappa shape index (κ1) is 25.3. The van der Waals surface area contributed by atoms with Crippen LogP contribution in [0.15, 0.2) is 48.5 Å². The minimum absolute atomic E-state index is 0.0391. The molecule has 0 bridgehead atoms. The van der Waals surface area contributed by atoms with E-state index in [1.807, 2.05) is 29.2 Å². The Bertz CT molecular complexity index is 1140. The lowest BCUT2D eigenvalue weighted by atomic mass is 10.1. The van der Waals surface area contributed by atoms with Crippen LogP contribution in [0.25, 0.3) is 0 Å². The zero-order chi connectivity index (χ0) is 24.8. The zero-order valence-electron chi connectivity index (χ0n) is 20.3. The number of para-hydroxylation sites is 1. The molecule has 2 saturated heterocycles. The van der Waals surface area contributed by atoms with Gasteiger partial charge in [-0.2, -0.15) is 4.31 Å². The molecule has 35 heavy (non-hydrogen) atoms. The van der Waals surface area contributed by atoms with Crippen molar-refractivity contribution < 1.29 is 18.0 Å². The molecule has 188 valence electrons. The number of piperidine rings is 1. The third-order valence-corrected chi connectivity index (χ3v) is 8.64. The van der Waals surface area contributed by atoms with Crippen LogP contribution in [-0.4, -0.2) is 79.4 Å². The Hall–Kier alpha value is -2.75. The maximum Gasteiger partial charge on any atom is 0.255 e. The van der Waals surface area contributed by atoms with Gasteiger partial charge >= 0.3 is 0 Å². The molecule has 2 amide bonds. The predicted molar refractivity (Wildman–Crippen MR) is 137 cm³/mol. The van der Waals surface area contributed by atoms with Crippen molar-refractivity contribution in [1.29, 1.82) is 0 Å². The summed E-state index contributed by atoms with van der Waals surface area (Å²) in [5.74, 6) is -0.162. The molecular formula is C26H34N4O4S. The maximum atomic E-state index is 13.0. The summed E-state index contributed by atoms with van der Waals surface area (Å²) in [6.45, 7) is 6.27. The summed E-state index contributed by atoms with van der Waals surface area (Å²) in [4.78, 5) is 30.0. The summed E-state index contributed by atoms with van der Waals surface area (Å²) >= 11 is 0. The smallest absolute Gasteiger partial charge is 0.255 e. The monoisotopic (exact) mass is 498 g/mol. The lowest BCUT2D eigenvalue weighted by molar-refractivity contribution is 0.0725. The van der Waals surface area contributed by atoms with Gasteiger partial charge in [-0.05, 0) is 56.0 Å². The number of hydrogen-bond acceptors (Lipinski definition) is 5. The van der Waals surface area contributed by atoms with Crippen LogP contribution in [0, 0.1) is 0 Å². The first-order valence-corrected chi connectivity index (χ1v) is 14.0. The lowest BCUT2D eigenvalue weighted by Crippen LogP contribution is -2.48. The van der Waals surface area contributed by atoms with Crippen molar-refractivity contribution in [3.63, 3.8) is 0 Å². The summed E-state index contributed by atoms with van der Waals surface area (Å²) in [5, 5.41) is 2.91. The van der Waals surface area contributed by atoms with Crippen LogP contribution in [0.4, 0.5) is 5.69 Å². The number of rotatable bonds is 7. The first-order valence-electron chi connectivity index (χ1n) is 12.4. The number of piperazine rings is 1. The van der Waals surface area contributed by atoms with Gasteiger partial charge in [0.2, 0.25) is 10.0 Å². The highest BCUT2D eigenvalue weighted by Gasteiger charge is 2.25. The molecule has 2 fully saturated rings. The molecule has 0 saturated carbocycles. The van der Waals surface area contributed by atoms with E-state index < -0.39 is 10.0 Å². The Morgan fingerprint density at radius 3 is 2.17 bits per heavy atom. The van der Waals surface area contributed by atoms with E-state index >= 15 is 0 Å². The van der Waals surface area contributed by atoms with Crippen molar-refractivity contribution in [1.82, 2.24) is 14.1 Å². The number of sulfonamides is 1. The zero-order valence-corrected chi connectivity index (χ0v) is 21.1. The van der Waals surface area contributed by atoms with Crippen molar-refractivity contribution in [3.8, 4) is 0 Å². The average molecular weight is 499 g/mol. The predicted octanol–water partition coefficient (Wildman–Crippen LogP) is 3.03. The van der Waals surface area contributed by atoms with Crippen molar-refractivity contribution >= 4 is 27.5 Å². The van der Waals surface area contributed by atoms with E-state index in [4.69, 9.17) is 0 Å². The Labute approximate surface area is 207 Å². The molecule has 0 aliphatic carbocycles. The number of amides is 2. The Morgan fingerprint density at radius 1 is 0.857 bits per heavy atom. The normalized spacial score (nSPS) is 17.8. The second-order valence-electron chi connectivity index (χ2n) is 9.13. The van der Waals surface area contributed by atoms with Crippen LogP contribution in [0.1, 0.15) is 52.5 Å². The highest BCUT2D eigenvalue weighted by Crippen LogP contribution is 2.21. The molecule has 2 aliphatic rings. The van der Waals surface area contributed by atoms with Gasteiger partial charge in [0.05, 0.1) is 17.0 Å². The highest BCUT2D eigenvalue weighted by atomic mass is 32.2. The Morgan fingerprint density at radius 2 is 1.51 bits per heavy atom. The van der Waals surface area contributed by atoms with Crippen molar-refractivity contribution in [3.05, 3.63) is 65.2 Å². The summed E-state index contributed by atoms with van der Waals surface area (Å²) < 4.78 is 25.6. The fraction of sp³-hybridized carbons (Fsp3) is 0.462. The van der Waals surface area contributed by atoms with Gasteiger partial charge in [-0.25, -0.2) is 8.42 Å². The molecule has 9 heteroatoms. The number of anilines is 1. The highest BCUT2D eigenvalue weighted by molar-refractivity contribution is 7.89. The van der Waals surface area contributed by atoms with Crippen LogP contribution in [0.5, 0.6) is 0 Å². The van der Waals surface area contributed by atoms with E-state index in [0.29, 0.717) is 49.5 Å². The number of nitrogens with zero attached hydrogens (tertiary/aromatic N) is 3. The summed E-state index contributed by atoms with van der Waals surface area (Å²) in [6, 6.07) is 14.6. The van der Waals surface area contributed by atoms with E-state index in [1.54, 1.807) is 35.5 Å². The number of likely N-dealkylation sites (tertiary alicyclic amines) is 1. The molecule has 2 aromatic rings. The fourth-order valence-electron chi connectivity index (χ4n) is 4.61. The minimum Gasteiger partial charge on any atom is -0.339 e. The van der Waals surface area contributed by atoms with E-state index in [-0.39, 0.29) is 17.6 Å². The van der Waals surface area contributed by atoms with Crippen LogP contribution < -0.4 is 5.32 Å². The quantitative estimate of drug-likeness (QED) is 0.634. The number of hydrogen-bond donors (Lipinski definition) is 1. The van der Waals surface area contributed by atoms with Gasteiger partial charge < -0.3 is 10.2 Å². The third-order valence-electron chi connectivity index (χ3n) is 6.76. The third kappa shape index (κ3) is 6.28. The van der Waals surface area contributed by atoms with Gasteiger partial charge in [-0.1, -0.05) is 24.3 Å². The molecular weight excluding hydrogens is 464 g/mol. The summed E-state index contributed by atoms with van der Waals surface area (Å²) in [7, 11) is -3.14. The number of benzene rings is 2. The van der Waals surface area contributed by atoms with Crippen molar-refractivity contribution in [2.24, 2.45) is 0 Å². The standard InChI is InChI=1S/C26H34N4O4S/c1-2-35(33,34)30-18-16-28(17-19-30)20-21-10-12-22(13-11-21)25(31)27-24-9-5-4-8-23(24)26(32)29-14-6-3-7-15-29/h4-5,8-13H,2-3,6-7,14-20H2,1H3,(H,27,31). The van der Waals surface area contributed by atoms with Gasteiger partial charge in [-0.3, -0.25) is 14.5 Å². The van der Waals surface area contributed by atoms with Gasteiger partial charge in [0.15, 0.2) is 0 Å². The molecule has 8 nitrogen and oxygen atoms in total. The SMILES string of the molecule is CCS(=O)(=O)N1CCN(Cc2ccc(C(=O)Nc3ccccc3C(=O)N3CCCCC3)cc2)CC1. The molecule has 0 atom stereocenters. The lowest BCUT2D eigenvalue weighted by Gasteiger charge is -2.33. The topological polar surface area (TPSA) is 90.0 Å². The molecule has 0 spiro atoms. The van der Waals surface area contributed by atoms with E-state index in [1.165, 1.54) is 0 Å². The molecule has 0 aromatic heterocycles. The van der Waals surface area contributed by atoms with Crippen molar-refractivity contribution in [2.75, 3.05) is 50.3 Å². The minimum atomic E-state index is -3.14. The molecule has 2 heterocycles. The number of nitrogens with one attached hydrogen (secondary N) is 1. The molecule has 4 rings (SSSR count). The van der Waals surface area contributed by atoms with Crippen LogP contribution in [0.2, 0.25) is 0 Å². The first-order chi connectivity index (χ1) is 16.9. The maximum absolute atomic E-state index is 13.0. The van der Waals surface area contributed by atoms with Crippen molar-refractivity contribution in [2.45, 2.75) is 32.7 Å². The largest absolute Gasteiger partial charge is 0.339 e. The van der Waals surface area contributed by atoms with E-state index in [9.17, 15) is 18.0 Å². The summed E-state index contributed by atoms with van der Waals surface area (Å²) in [5.41, 5.74) is 2.63. The molecule has 1 N–H and O–H groups in total. The molecule has 0 radical (unpaired) electrons. The summed E-state index contributed by atoms with van der Waals surface area (Å²) in [6.07, 6.45) is 3.18. The van der Waals surface area contributed by atoms with Gasteiger partial charge in [0.25, 0.3) is 11.8 Å². The Balaban J connectivity index is 1.35. The Kier molecular flexibility index (Phi) is 8.20. The molecule has 2 aromatic carbocycles. The second-order valence-corrected chi connectivity index (χ2v) is 11.4. The van der Waals surface area contributed by atoms with Gasteiger partial charge in [-0.15, -0.1) is 0 Å². The molecule has 0 unspecified atom stereocenters. The second kappa shape index (κ2) is 11.3. The van der Waals surface area contributed by atoms with E-state index in [2.05, 4.69) is 10.2 Å². The van der Waals surface area contributed by atoms with Gasteiger partial charge in [0, 0.05) is 51.4 Å². The fourth-order valence-corrected chi connectivity index (χ4v) is 5.69. The van der Waals surface area contributed by atoms with E-state index in [0.717, 1.165) is 37.9 Å². The average Bonchev–Trinajstić information content (AvgIpc) is 2.90. The van der Waals surface area contributed by atoms with Crippen LogP contribution >= 0.6 is 0 Å². The van der Waals surface area contributed by atoms with Gasteiger partial charge in [0.1, 0.15) is 0 Å². The van der Waals surface area contributed by atoms with Crippen LogP contribution in [-0.2, 0) is 16.6 Å². The van der Waals surface area contributed by atoms with Crippen LogP contribution in [0.3, 0.4) is 0 Å². The number of carbonyl (C=O) groups is 2.